The summed E-state index contributed by atoms with van der Waals surface area (Å²) in [6.45, 7) is 5.21. The van der Waals surface area contributed by atoms with E-state index in [9.17, 15) is 14.4 Å². The van der Waals surface area contributed by atoms with Crippen molar-refractivity contribution in [2.24, 2.45) is 0 Å². The molecule has 2 aromatic rings. The third-order valence-corrected chi connectivity index (χ3v) is 6.56. The van der Waals surface area contributed by atoms with Crippen LogP contribution in [0.25, 0.3) is 0 Å². The first-order chi connectivity index (χ1) is 19.8. The van der Waals surface area contributed by atoms with Crippen LogP contribution in [0, 0.1) is 0 Å². The maximum absolute atomic E-state index is 13.3. The van der Waals surface area contributed by atoms with E-state index in [1.54, 1.807) is 6.92 Å². The fourth-order valence-electron chi connectivity index (χ4n) is 4.48. The number of unbranched alkanes of at least 4 members (excludes halogenated alkanes) is 2. The molecule has 1 fully saturated rings. The van der Waals surface area contributed by atoms with E-state index in [0.717, 1.165) is 19.3 Å². The Morgan fingerprint density at radius 2 is 1.90 bits per heavy atom. The maximum Gasteiger partial charge on any atom is 0.329 e. The largest absolute Gasteiger partial charge is 0.493 e. The molecule has 0 aliphatic carbocycles. The lowest BCUT2D eigenvalue weighted by Gasteiger charge is -2.31. The Hall–Kier alpha value is -3.86. The average Bonchev–Trinajstić information content (AvgIpc) is 3.00. The van der Waals surface area contributed by atoms with Crippen LogP contribution in [0.3, 0.4) is 0 Å². The number of esters is 2. The van der Waals surface area contributed by atoms with E-state index in [1.165, 1.54) is 26.3 Å². The van der Waals surface area contributed by atoms with Gasteiger partial charge in [-0.05, 0) is 44.7 Å². The van der Waals surface area contributed by atoms with Crippen molar-refractivity contribution in [1.29, 1.82) is 0 Å². The highest BCUT2D eigenvalue weighted by Crippen LogP contribution is 2.30. The predicted molar refractivity (Wildman–Crippen MR) is 149 cm³/mol. The summed E-state index contributed by atoms with van der Waals surface area (Å²) in [5.41, 5.74) is -0.125. The second-order valence-corrected chi connectivity index (χ2v) is 9.70. The van der Waals surface area contributed by atoms with Gasteiger partial charge in [-0.1, -0.05) is 38.0 Å². The number of pyridine rings is 1. The molecule has 0 radical (unpaired) electrons. The molecule has 0 spiro atoms. The number of hydrogen-bond acceptors (Lipinski definition) is 10. The monoisotopic (exact) mass is 572 g/mol. The number of amides is 1. The topological polar surface area (TPSA) is 132 Å². The van der Waals surface area contributed by atoms with Crippen LogP contribution in [-0.4, -0.2) is 67.7 Å². The number of hydrogen-bond donors (Lipinski definition) is 1. The molecule has 1 N–H and O–H groups in total. The summed E-state index contributed by atoms with van der Waals surface area (Å²) in [6.07, 6.45) is 4.31. The maximum atomic E-state index is 13.3. The second-order valence-electron chi connectivity index (χ2n) is 9.70. The summed E-state index contributed by atoms with van der Waals surface area (Å²) >= 11 is 0. The zero-order valence-corrected chi connectivity index (χ0v) is 24.1. The molecule has 0 saturated carbocycles. The molecule has 41 heavy (non-hydrogen) atoms. The van der Waals surface area contributed by atoms with Gasteiger partial charge in [0.1, 0.15) is 30.1 Å². The first-order valence-electron chi connectivity index (χ1n) is 14.0. The zero-order valence-electron chi connectivity index (χ0n) is 24.1. The van der Waals surface area contributed by atoms with Crippen molar-refractivity contribution in [3.8, 4) is 17.2 Å². The van der Waals surface area contributed by atoms with Gasteiger partial charge in [-0.2, -0.15) is 0 Å². The van der Waals surface area contributed by atoms with Crippen molar-refractivity contribution in [2.45, 2.75) is 83.6 Å². The Kier molecular flexibility index (Phi) is 12.7. The van der Waals surface area contributed by atoms with Gasteiger partial charge in [0, 0.05) is 25.8 Å². The van der Waals surface area contributed by atoms with E-state index in [4.69, 9.17) is 28.4 Å². The van der Waals surface area contributed by atoms with E-state index < -0.39 is 42.9 Å². The molecule has 11 heteroatoms. The highest BCUT2D eigenvalue weighted by Gasteiger charge is 2.36. The minimum Gasteiger partial charge on any atom is -0.493 e. The van der Waals surface area contributed by atoms with Gasteiger partial charge >= 0.3 is 11.9 Å². The van der Waals surface area contributed by atoms with E-state index in [1.807, 2.05) is 30.3 Å². The predicted octanol–water partition coefficient (Wildman–Crippen LogP) is 4.23. The number of aromatic nitrogens is 1. The van der Waals surface area contributed by atoms with E-state index in [0.29, 0.717) is 31.6 Å². The van der Waals surface area contributed by atoms with Crippen LogP contribution in [-0.2, 0) is 23.8 Å². The first-order valence-corrected chi connectivity index (χ1v) is 14.0. The van der Waals surface area contributed by atoms with Gasteiger partial charge in [0.05, 0.1) is 7.11 Å². The molecule has 1 aliphatic heterocycles. The number of carbonyl (C=O) groups is 3. The molecule has 1 saturated heterocycles. The fourth-order valence-corrected chi connectivity index (χ4v) is 4.48. The molecular formula is C30H40N2O9. The molecule has 1 aromatic carbocycles. The molecule has 1 aromatic heterocycles. The lowest BCUT2D eigenvalue weighted by Crippen LogP contribution is -2.46. The molecule has 0 bridgehead atoms. The standard InChI is InChI=1S/C30H40N2O9/c1-5-6-10-18-37-27-20(2)40-30(35)23(14-11-15-25(27)41-22-12-8-7-9-13-22)32-29(34)26-28(39-19-38-21(3)33)24(36-4)16-17-31-26/h7-9,12-13,16-17,20,23,25,27H,5-6,10-11,14-15,18-19H2,1-4H3,(H,32,34). The molecule has 1 aliphatic rings. The molecule has 11 nitrogen and oxygen atoms in total. The number of para-hydroxylation sites is 1. The van der Waals surface area contributed by atoms with Gasteiger partial charge < -0.3 is 33.7 Å². The Morgan fingerprint density at radius 1 is 1.12 bits per heavy atom. The van der Waals surface area contributed by atoms with Crippen LogP contribution in [0.4, 0.5) is 0 Å². The Morgan fingerprint density at radius 3 is 2.61 bits per heavy atom. The Labute approximate surface area is 240 Å². The van der Waals surface area contributed by atoms with Gasteiger partial charge in [-0.15, -0.1) is 0 Å². The molecule has 2 heterocycles. The van der Waals surface area contributed by atoms with Gasteiger partial charge in [0.15, 0.2) is 17.2 Å². The molecule has 4 atom stereocenters. The lowest BCUT2D eigenvalue weighted by molar-refractivity contribution is -0.163. The molecule has 1 amide bonds. The number of nitrogens with zero attached hydrogens (tertiary/aromatic N) is 1. The first kappa shape index (κ1) is 31.7. The van der Waals surface area contributed by atoms with Gasteiger partial charge in [0.25, 0.3) is 5.91 Å². The van der Waals surface area contributed by atoms with Crippen molar-refractivity contribution in [2.75, 3.05) is 20.5 Å². The van der Waals surface area contributed by atoms with Gasteiger partial charge in [-0.25, -0.2) is 9.78 Å². The van der Waals surface area contributed by atoms with Crippen molar-refractivity contribution in [3.05, 3.63) is 48.3 Å². The van der Waals surface area contributed by atoms with Crippen LogP contribution in [0.2, 0.25) is 0 Å². The summed E-state index contributed by atoms with van der Waals surface area (Å²) in [7, 11) is 1.40. The van der Waals surface area contributed by atoms with Crippen LogP contribution >= 0.6 is 0 Å². The highest BCUT2D eigenvalue weighted by molar-refractivity contribution is 5.98. The normalized spacial score (nSPS) is 20.9. The van der Waals surface area contributed by atoms with Crippen molar-refractivity contribution < 1.29 is 42.8 Å². The SMILES string of the molecule is CCCCCOC1C(C)OC(=O)C(NC(=O)c2nccc(OC)c2OCOC(C)=O)CCCC1Oc1ccccc1. The van der Waals surface area contributed by atoms with E-state index in [2.05, 4.69) is 17.2 Å². The summed E-state index contributed by atoms with van der Waals surface area (Å²) in [5.74, 6) is -0.905. The number of rotatable bonds is 13. The summed E-state index contributed by atoms with van der Waals surface area (Å²) in [5, 5.41) is 2.73. The summed E-state index contributed by atoms with van der Waals surface area (Å²) < 4.78 is 34.0. The number of carbonyl (C=O) groups excluding carboxylic acids is 3. The number of benzene rings is 1. The zero-order chi connectivity index (χ0) is 29.6. The molecular weight excluding hydrogens is 532 g/mol. The van der Waals surface area contributed by atoms with Crippen molar-refractivity contribution in [1.82, 2.24) is 10.3 Å². The second kappa shape index (κ2) is 16.4. The Bertz CT molecular complexity index is 1130. The fraction of sp³-hybridized carbons (Fsp3) is 0.533. The minimum atomic E-state index is -0.949. The van der Waals surface area contributed by atoms with Crippen LogP contribution in [0.15, 0.2) is 42.6 Å². The van der Waals surface area contributed by atoms with Gasteiger partial charge in [-0.3, -0.25) is 9.59 Å². The average molecular weight is 573 g/mol. The van der Waals surface area contributed by atoms with Crippen molar-refractivity contribution >= 4 is 17.8 Å². The third kappa shape index (κ3) is 9.63. The number of cyclic esters (lactones) is 1. The minimum absolute atomic E-state index is 0.0181. The molecule has 4 unspecified atom stereocenters. The highest BCUT2D eigenvalue weighted by atomic mass is 16.7. The van der Waals surface area contributed by atoms with Crippen molar-refractivity contribution in [3.63, 3.8) is 0 Å². The van der Waals surface area contributed by atoms with E-state index >= 15 is 0 Å². The summed E-state index contributed by atoms with van der Waals surface area (Å²) in [6, 6.07) is 10.0. The number of ether oxygens (including phenoxy) is 6. The number of nitrogens with one attached hydrogen (secondary N) is 1. The quantitative estimate of drug-likeness (QED) is 0.211. The van der Waals surface area contributed by atoms with Crippen LogP contribution in [0.1, 0.15) is 69.8 Å². The molecule has 224 valence electrons. The molecule has 3 rings (SSSR count). The number of methoxy groups -OCH3 is 1. The van der Waals surface area contributed by atoms with E-state index in [-0.39, 0.29) is 23.3 Å². The van der Waals surface area contributed by atoms with Crippen LogP contribution < -0.4 is 19.5 Å². The smallest absolute Gasteiger partial charge is 0.329 e. The van der Waals surface area contributed by atoms with Crippen LogP contribution in [0.5, 0.6) is 17.2 Å². The summed E-state index contributed by atoms with van der Waals surface area (Å²) in [4.78, 5) is 41.9. The lowest BCUT2D eigenvalue weighted by atomic mass is 10.0. The Balaban J connectivity index is 1.77. The third-order valence-electron chi connectivity index (χ3n) is 6.56. The van der Waals surface area contributed by atoms with Gasteiger partial charge in [0.2, 0.25) is 6.79 Å².